The van der Waals surface area contributed by atoms with E-state index in [9.17, 15) is 9.90 Å². The van der Waals surface area contributed by atoms with Crippen molar-refractivity contribution >= 4 is 21.8 Å². The molecule has 1 heterocycles. The second-order valence-electron chi connectivity index (χ2n) is 4.60. The van der Waals surface area contributed by atoms with Crippen LogP contribution in [0.25, 0.3) is 0 Å². The quantitative estimate of drug-likeness (QED) is 0.877. The van der Waals surface area contributed by atoms with Crippen LogP contribution < -0.4 is 9.47 Å². The third kappa shape index (κ3) is 3.30. The van der Waals surface area contributed by atoms with Gasteiger partial charge in [-0.05, 0) is 28.1 Å². The van der Waals surface area contributed by atoms with Gasteiger partial charge in [0.2, 0.25) is 0 Å². The molecule has 0 saturated carbocycles. The van der Waals surface area contributed by atoms with Crippen molar-refractivity contribution in [3.63, 3.8) is 0 Å². The van der Waals surface area contributed by atoms with Gasteiger partial charge in [-0.15, -0.1) is 0 Å². The number of ether oxygens (including phenoxy) is 3. The molecule has 1 aromatic carbocycles. The summed E-state index contributed by atoms with van der Waals surface area (Å²) >= 11 is 3.37. The molecular weight excluding hydrogens is 342 g/mol. The van der Waals surface area contributed by atoms with Gasteiger partial charge in [0.1, 0.15) is 11.5 Å². The average molecular weight is 360 g/mol. The number of methoxy groups -OCH3 is 2. The van der Waals surface area contributed by atoms with Gasteiger partial charge in [-0.25, -0.2) is 0 Å². The zero-order valence-corrected chi connectivity index (χ0v) is 13.6. The number of carbonyl (C=O) groups is 1. The summed E-state index contributed by atoms with van der Waals surface area (Å²) in [4.78, 5) is 14.4. The summed E-state index contributed by atoms with van der Waals surface area (Å²) < 4.78 is 16.4. The number of amides is 1. The van der Waals surface area contributed by atoms with E-state index >= 15 is 0 Å². The summed E-state index contributed by atoms with van der Waals surface area (Å²) in [5.41, 5.74) is 0.393. The summed E-state index contributed by atoms with van der Waals surface area (Å²) in [6, 6.07) is 3.02. The van der Waals surface area contributed by atoms with Gasteiger partial charge in [-0.3, -0.25) is 4.79 Å². The Bertz CT molecular complexity index is 522. The molecule has 2 rings (SSSR count). The minimum atomic E-state index is -0.346. The number of aliphatic hydroxyl groups is 1. The van der Waals surface area contributed by atoms with Crippen LogP contribution in [0, 0.1) is 0 Å². The standard InChI is InChI=1S/C14H18BrNO5/c1-19-10-5-11(13(20-2)12(15)6-10)14(18)16-3-4-21-8-9(16)7-17/h5-6,9,17H,3-4,7-8H2,1-2H3. The van der Waals surface area contributed by atoms with Crippen molar-refractivity contribution in [2.45, 2.75) is 6.04 Å². The van der Waals surface area contributed by atoms with Gasteiger partial charge in [0.15, 0.2) is 0 Å². The van der Waals surface area contributed by atoms with Crippen LogP contribution >= 0.6 is 15.9 Å². The Hall–Kier alpha value is -1.31. The third-order valence-electron chi connectivity index (χ3n) is 3.39. The number of nitrogens with zero attached hydrogens (tertiary/aromatic N) is 1. The van der Waals surface area contributed by atoms with E-state index < -0.39 is 0 Å². The van der Waals surface area contributed by atoms with Crippen LogP contribution in [0.15, 0.2) is 16.6 Å². The molecule has 1 aliphatic heterocycles. The molecule has 1 saturated heterocycles. The zero-order chi connectivity index (χ0) is 15.4. The van der Waals surface area contributed by atoms with E-state index in [0.29, 0.717) is 41.3 Å². The summed E-state index contributed by atoms with van der Waals surface area (Å²) in [6.07, 6.45) is 0. The number of hydrogen-bond acceptors (Lipinski definition) is 5. The molecule has 1 fully saturated rings. The van der Waals surface area contributed by atoms with E-state index in [4.69, 9.17) is 14.2 Å². The van der Waals surface area contributed by atoms with Crippen LogP contribution in [-0.2, 0) is 4.74 Å². The Kier molecular flexibility index (Phi) is 5.44. The first kappa shape index (κ1) is 16.1. The fourth-order valence-corrected chi connectivity index (χ4v) is 2.88. The van der Waals surface area contributed by atoms with E-state index in [0.717, 1.165) is 0 Å². The molecule has 1 amide bonds. The monoisotopic (exact) mass is 359 g/mol. The van der Waals surface area contributed by atoms with Crippen molar-refractivity contribution in [3.05, 3.63) is 22.2 Å². The summed E-state index contributed by atoms with van der Waals surface area (Å²) in [6.45, 7) is 1.08. The van der Waals surface area contributed by atoms with Crippen molar-refractivity contribution in [2.24, 2.45) is 0 Å². The maximum absolute atomic E-state index is 12.8. The molecule has 0 aliphatic carbocycles. The van der Waals surface area contributed by atoms with Gasteiger partial charge < -0.3 is 24.2 Å². The maximum Gasteiger partial charge on any atom is 0.258 e. The lowest BCUT2D eigenvalue weighted by atomic mass is 10.1. The van der Waals surface area contributed by atoms with Gasteiger partial charge in [-0.2, -0.15) is 0 Å². The maximum atomic E-state index is 12.8. The normalized spacial score (nSPS) is 18.5. The molecule has 0 radical (unpaired) electrons. The Morgan fingerprint density at radius 2 is 2.24 bits per heavy atom. The lowest BCUT2D eigenvalue weighted by Gasteiger charge is -2.34. The van der Waals surface area contributed by atoms with Crippen LogP contribution in [0.4, 0.5) is 0 Å². The molecular formula is C14H18BrNO5. The second-order valence-corrected chi connectivity index (χ2v) is 5.45. The van der Waals surface area contributed by atoms with Gasteiger partial charge in [0.25, 0.3) is 5.91 Å². The van der Waals surface area contributed by atoms with Crippen molar-refractivity contribution < 1.29 is 24.1 Å². The SMILES string of the molecule is COc1cc(Br)c(OC)c(C(=O)N2CCOCC2CO)c1. The molecule has 21 heavy (non-hydrogen) atoms. The highest BCUT2D eigenvalue weighted by Crippen LogP contribution is 2.34. The van der Waals surface area contributed by atoms with Crippen LogP contribution in [0.2, 0.25) is 0 Å². The van der Waals surface area contributed by atoms with Gasteiger partial charge in [0, 0.05) is 6.54 Å². The minimum absolute atomic E-state index is 0.140. The fraction of sp³-hybridized carbons (Fsp3) is 0.500. The molecule has 1 aromatic rings. The number of benzene rings is 1. The first-order valence-corrected chi connectivity index (χ1v) is 7.32. The number of rotatable bonds is 4. The molecule has 1 atom stereocenters. The number of carbonyl (C=O) groups excluding carboxylic acids is 1. The highest BCUT2D eigenvalue weighted by Gasteiger charge is 2.30. The van der Waals surface area contributed by atoms with E-state index in [-0.39, 0.29) is 18.6 Å². The highest BCUT2D eigenvalue weighted by atomic mass is 79.9. The summed E-state index contributed by atoms with van der Waals surface area (Å²) in [7, 11) is 3.04. The number of morpholine rings is 1. The predicted octanol–water partition coefficient (Wildman–Crippen LogP) is 1.30. The predicted molar refractivity (Wildman–Crippen MR) is 80.0 cm³/mol. The highest BCUT2D eigenvalue weighted by molar-refractivity contribution is 9.10. The Morgan fingerprint density at radius 1 is 1.48 bits per heavy atom. The van der Waals surface area contributed by atoms with Crippen molar-refractivity contribution in [3.8, 4) is 11.5 Å². The Labute approximate surface area is 131 Å². The molecule has 0 aromatic heterocycles. The Balaban J connectivity index is 2.39. The lowest BCUT2D eigenvalue weighted by Crippen LogP contribution is -2.50. The number of hydrogen-bond donors (Lipinski definition) is 1. The smallest absolute Gasteiger partial charge is 0.258 e. The lowest BCUT2D eigenvalue weighted by molar-refractivity contribution is -0.0185. The topological polar surface area (TPSA) is 68.2 Å². The van der Waals surface area contributed by atoms with Crippen molar-refractivity contribution in [2.75, 3.05) is 40.6 Å². The number of halogens is 1. The van der Waals surface area contributed by atoms with E-state index in [1.54, 1.807) is 17.0 Å². The molecule has 1 unspecified atom stereocenters. The van der Waals surface area contributed by atoms with E-state index in [1.807, 2.05) is 0 Å². The molecule has 6 nitrogen and oxygen atoms in total. The fourth-order valence-electron chi connectivity index (χ4n) is 2.28. The van der Waals surface area contributed by atoms with Gasteiger partial charge >= 0.3 is 0 Å². The molecule has 1 N–H and O–H groups in total. The number of aliphatic hydroxyl groups excluding tert-OH is 1. The van der Waals surface area contributed by atoms with Crippen LogP contribution in [0.3, 0.4) is 0 Å². The van der Waals surface area contributed by atoms with Crippen LogP contribution in [-0.4, -0.2) is 62.5 Å². The second kappa shape index (κ2) is 7.11. The zero-order valence-electron chi connectivity index (χ0n) is 12.0. The largest absolute Gasteiger partial charge is 0.497 e. The van der Waals surface area contributed by atoms with Crippen molar-refractivity contribution in [1.82, 2.24) is 4.90 Å². The molecule has 7 heteroatoms. The van der Waals surface area contributed by atoms with Crippen LogP contribution in [0.1, 0.15) is 10.4 Å². The first-order chi connectivity index (χ1) is 10.1. The third-order valence-corrected chi connectivity index (χ3v) is 3.98. The van der Waals surface area contributed by atoms with E-state index in [1.165, 1.54) is 14.2 Å². The first-order valence-electron chi connectivity index (χ1n) is 6.53. The van der Waals surface area contributed by atoms with Gasteiger partial charge in [0.05, 0.1) is 50.1 Å². The molecule has 0 spiro atoms. The average Bonchev–Trinajstić information content (AvgIpc) is 2.53. The molecule has 1 aliphatic rings. The van der Waals surface area contributed by atoms with Crippen LogP contribution in [0.5, 0.6) is 11.5 Å². The van der Waals surface area contributed by atoms with E-state index in [2.05, 4.69) is 15.9 Å². The van der Waals surface area contributed by atoms with Crippen molar-refractivity contribution in [1.29, 1.82) is 0 Å². The van der Waals surface area contributed by atoms with Gasteiger partial charge in [-0.1, -0.05) is 0 Å². The molecule has 116 valence electrons. The summed E-state index contributed by atoms with van der Waals surface area (Å²) in [5.74, 6) is 0.789. The molecule has 0 bridgehead atoms. The minimum Gasteiger partial charge on any atom is -0.497 e. The Morgan fingerprint density at radius 3 is 2.86 bits per heavy atom. The summed E-state index contributed by atoms with van der Waals surface area (Å²) in [5, 5.41) is 9.40.